The van der Waals surface area contributed by atoms with Gasteiger partial charge in [0.05, 0.1) is 6.04 Å². The number of likely N-dealkylation sites (tertiary alicyclic amines) is 1. The van der Waals surface area contributed by atoms with Gasteiger partial charge in [0.2, 0.25) is 5.91 Å². The molecule has 1 aromatic carbocycles. The number of carbonyl (C=O) groups is 1. The van der Waals surface area contributed by atoms with Gasteiger partial charge in [-0.25, -0.2) is 0 Å². The lowest BCUT2D eigenvalue weighted by atomic mass is 10.0. The first-order chi connectivity index (χ1) is 10.6. The molecule has 0 saturated carbocycles. The molecule has 0 radical (unpaired) electrons. The summed E-state index contributed by atoms with van der Waals surface area (Å²) in [6.07, 6.45) is 5.12. The van der Waals surface area contributed by atoms with Crippen molar-refractivity contribution < 1.29 is 4.79 Å². The quantitative estimate of drug-likeness (QED) is 0.911. The van der Waals surface area contributed by atoms with Crippen LogP contribution < -0.4 is 5.73 Å². The molecule has 1 aliphatic heterocycles. The van der Waals surface area contributed by atoms with Crippen LogP contribution in [0.25, 0.3) is 10.9 Å². The molecule has 3 N–H and O–H groups in total. The molecule has 1 fully saturated rings. The maximum absolute atomic E-state index is 12.6. The first-order valence-corrected chi connectivity index (χ1v) is 8.19. The average Bonchev–Trinajstić information content (AvgIpc) is 3.14. The first kappa shape index (κ1) is 15.1. The van der Waals surface area contributed by atoms with Gasteiger partial charge in [0.1, 0.15) is 0 Å². The van der Waals surface area contributed by atoms with E-state index in [1.807, 2.05) is 24.8 Å². The summed E-state index contributed by atoms with van der Waals surface area (Å²) in [7, 11) is 0. The molecular formula is C18H25N3O. The summed E-state index contributed by atoms with van der Waals surface area (Å²) in [4.78, 5) is 17.9. The molecule has 1 saturated heterocycles. The Hall–Kier alpha value is -1.81. The lowest BCUT2D eigenvalue weighted by Gasteiger charge is -2.28. The number of nitrogens with two attached hydrogens (primary N) is 1. The van der Waals surface area contributed by atoms with Crippen LogP contribution in [0.3, 0.4) is 0 Å². The Labute approximate surface area is 131 Å². The molecular weight excluding hydrogens is 274 g/mol. The Bertz CT molecular complexity index is 661. The molecule has 4 nitrogen and oxygen atoms in total. The Morgan fingerprint density at radius 2 is 2.18 bits per heavy atom. The molecule has 4 heteroatoms. The summed E-state index contributed by atoms with van der Waals surface area (Å²) >= 11 is 0. The number of benzene rings is 1. The number of H-pyrrole nitrogens is 1. The van der Waals surface area contributed by atoms with Gasteiger partial charge in [-0.15, -0.1) is 0 Å². The number of carbonyl (C=O) groups excluding carboxylic acids is 1. The zero-order valence-corrected chi connectivity index (χ0v) is 13.4. The predicted molar refractivity (Wildman–Crippen MR) is 89.6 cm³/mol. The van der Waals surface area contributed by atoms with Crippen LogP contribution in [0.5, 0.6) is 0 Å². The van der Waals surface area contributed by atoms with E-state index >= 15 is 0 Å². The number of nitrogens with one attached hydrogen (secondary N) is 1. The van der Waals surface area contributed by atoms with E-state index in [4.69, 9.17) is 5.73 Å². The fourth-order valence-electron chi connectivity index (χ4n) is 3.37. The minimum absolute atomic E-state index is 0.109. The second-order valence-corrected chi connectivity index (χ2v) is 6.66. The lowest BCUT2D eigenvalue weighted by molar-refractivity contribution is -0.134. The maximum atomic E-state index is 12.6. The summed E-state index contributed by atoms with van der Waals surface area (Å²) < 4.78 is 0. The molecule has 22 heavy (non-hydrogen) atoms. The largest absolute Gasteiger partial charge is 0.361 e. The summed E-state index contributed by atoms with van der Waals surface area (Å²) in [5.74, 6) is 0.291. The van der Waals surface area contributed by atoms with E-state index in [1.165, 1.54) is 10.9 Å². The van der Waals surface area contributed by atoms with E-state index < -0.39 is 0 Å². The first-order valence-electron chi connectivity index (χ1n) is 8.19. The smallest absolute Gasteiger partial charge is 0.240 e. The van der Waals surface area contributed by atoms with Crippen molar-refractivity contribution in [3.63, 3.8) is 0 Å². The molecule has 0 unspecified atom stereocenters. The third-order valence-corrected chi connectivity index (χ3v) is 4.79. The number of hydrogen-bond donors (Lipinski definition) is 2. The molecule has 2 aromatic rings. The lowest BCUT2D eigenvalue weighted by Crippen LogP contribution is -2.48. The highest BCUT2D eigenvalue weighted by Gasteiger charge is 2.33. The number of fused-ring (bicyclic) bond motifs is 1. The molecule has 0 bridgehead atoms. The highest BCUT2D eigenvalue weighted by molar-refractivity contribution is 5.84. The highest BCUT2D eigenvalue weighted by atomic mass is 16.2. The van der Waals surface area contributed by atoms with Gasteiger partial charge in [-0.3, -0.25) is 4.79 Å². The number of hydrogen-bond acceptors (Lipinski definition) is 2. The second-order valence-electron chi connectivity index (χ2n) is 6.66. The van der Waals surface area contributed by atoms with Crippen LogP contribution in [0.2, 0.25) is 0 Å². The van der Waals surface area contributed by atoms with E-state index in [0.717, 1.165) is 31.3 Å². The molecule has 1 aromatic heterocycles. The van der Waals surface area contributed by atoms with Crippen LogP contribution in [0, 0.1) is 5.92 Å². The van der Waals surface area contributed by atoms with Gasteiger partial charge in [0.15, 0.2) is 0 Å². The Balaban J connectivity index is 1.78. The summed E-state index contributed by atoms with van der Waals surface area (Å²) in [6.45, 7) is 4.85. The van der Waals surface area contributed by atoms with Crippen molar-refractivity contribution in [1.29, 1.82) is 0 Å². The number of para-hydroxylation sites is 1. The SMILES string of the molecule is CC(C)[C@H](N)C(=O)N1CCC[C@H]1Cc1c[nH]c2ccccc12. The van der Waals surface area contributed by atoms with Crippen LogP contribution in [0.15, 0.2) is 30.5 Å². The molecule has 0 aliphatic carbocycles. The zero-order chi connectivity index (χ0) is 15.7. The van der Waals surface area contributed by atoms with Crippen LogP contribution in [-0.4, -0.2) is 34.4 Å². The number of rotatable bonds is 4. The molecule has 3 rings (SSSR count). The Kier molecular flexibility index (Phi) is 4.21. The highest BCUT2D eigenvalue weighted by Crippen LogP contribution is 2.26. The maximum Gasteiger partial charge on any atom is 0.240 e. The number of aromatic nitrogens is 1. The second kappa shape index (κ2) is 6.13. The van der Waals surface area contributed by atoms with Gasteiger partial charge >= 0.3 is 0 Å². The molecule has 0 spiro atoms. The van der Waals surface area contributed by atoms with Crippen molar-refractivity contribution in [1.82, 2.24) is 9.88 Å². The number of nitrogens with zero attached hydrogens (tertiary/aromatic N) is 1. The number of amides is 1. The summed E-state index contributed by atoms with van der Waals surface area (Å²) in [5, 5.41) is 1.26. The van der Waals surface area contributed by atoms with Gasteiger partial charge in [-0.1, -0.05) is 32.0 Å². The van der Waals surface area contributed by atoms with Crippen LogP contribution in [0.1, 0.15) is 32.3 Å². The number of aromatic amines is 1. The zero-order valence-electron chi connectivity index (χ0n) is 13.4. The normalized spacial score (nSPS) is 20.0. The van der Waals surface area contributed by atoms with E-state index in [0.29, 0.717) is 0 Å². The van der Waals surface area contributed by atoms with Crippen molar-refractivity contribution in [2.75, 3.05) is 6.54 Å². The van der Waals surface area contributed by atoms with Gasteiger partial charge in [0, 0.05) is 29.7 Å². The minimum Gasteiger partial charge on any atom is -0.361 e. The van der Waals surface area contributed by atoms with Gasteiger partial charge in [-0.2, -0.15) is 0 Å². The minimum atomic E-state index is -0.386. The van der Waals surface area contributed by atoms with Gasteiger partial charge in [-0.05, 0) is 36.8 Å². The average molecular weight is 299 g/mol. The van der Waals surface area contributed by atoms with Crippen LogP contribution >= 0.6 is 0 Å². The Morgan fingerprint density at radius 3 is 2.95 bits per heavy atom. The van der Waals surface area contributed by atoms with E-state index in [2.05, 4.69) is 29.4 Å². The van der Waals surface area contributed by atoms with Crippen molar-refractivity contribution in [2.24, 2.45) is 11.7 Å². The van der Waals surface area contributed by atoms with Crippen molar-refractivity contribution in [2.45, 2.75) is 45.2 Å². The monoisotopic (exact) mass is 299 g/mol. The van der Waals surface area contributed by atoms with E-state index in [1.54, 1.807) is 0 Å². The van der Waals surface area contributed by atoms with E-state index in [9.17, 15) is 4.79 Å². The van der Waals surface area contributed by atoms with Gasteiger partial charge < -0.3 is 15.6 Å². The van der Waals surface area contributed by atoms with E-state index in [-0.39, 0.29) is 23.9 Å². The van der Waals surface area contributed by atoms with Gasteiger partial charge in [0.25, 0.3) is 0 Å². The van der Waals surface area contributed by atoms with Crippen molar-refractivity contribution in [3.8, 4) is 0 Å². The summed E-state index contributed by atoms with van der Waals surface area (Å²) in [5.41, 5.74) is 8.52. The third kappa shape index (κ3) is 2.75. The molecule has 118 valence electrons. The molecule has 1 aliphatic rings. The fourth-order valence-corrected chi connectivity index (χ4v) is 3.37. The van der Waals surface area contributed by atoms with Crippen molar-refractivity contribution >= 4 is 16.8 Å². The van der Waals surface area contributed by atoms with Crippen LogP contribution in [-0.2, 0) is 11.2 Å². The third-order valence-electron chi connectivity index (χ3n) is 4.79. The molecule has 2 heterocycles. The fraction of sp³-hybridized carbons (Fsp3) is 0.500. The standard InChI is InChI=1S/C18H25N3O/c1-12(2)17(19)18(22)21-9-5-6-14(21)10-13-11-20-16-8-4-3-7-15(13)16/h3-4,7-8,11-12,14,17,20H,5-6,9-10,19H2,1-2H3/t14-,17-/m0/s1. The summed E-state index contributed by atoms with van der Waals surface area (Å²) in [6, 6.07) is 8.22. The Morgan fingerprint density at radius 1 is 1.41 bits per heavy atom. The molecule has 1 amide bonds. The topological polar surface area (TPSA) is 62.1 Å². The predicted octanol–water partition coefficient (Wildman–Crippen LogP) is 2.68. The van der Waals surface area contributed by atoms with Crippen molar-refractivity contribution in [3.05, 3.63) is 36.0 Å². The molecule has 2 atom stereocenters. The van der Waals surface area contributed by atoms with Crippen LogP contribution in [0.4, 0.5) is 0 Å².